The lowest BCUT2D eigenvalue weighted by Crippen LogP contribution is -2.32. The van der Waals surface area contributed by atoms with E-state index in [-0.39, 0.29) is 30.3 Å². The predicted octanol–water partition coefficient (Wildman–Crippen LogP) is 7.19. The lowest BCUT2D eigenvalue weighted by atomic mass is 9.76. The Morgan fingerprint density at radius 2 is 1.74 bits per heavy atom. The number of aliphatic carboxylic acids is 1. The van der Waals surface area contributed by atoms with Crippen molar-refractivity contribution in [3.63, 3.8) is 0 Å². The first kappa shape index (κ1) is 31.0. The molecule has 0 amide bonds. The third-order valence-corrected chi connectivity index (χ3v) is 8.25. The first-order chi connectivity index (χ1) is 19.8. The van der Waals surface area contributed by atoms with Crippen molar-refractivity contribution >= 4 is 34.4 Å². The number of carboxylic acids is 1. The topological polar surface area (TPSA) is 107 Å². The fourth-order valence-electron chi connectivity index (χ4n) is 5.15. The van der Waals surface area contributed by atoms with Crippen molar-refractivity contribution in [3.8, 4) is 11.5 Å². The van der Waals surface area contributed by atoms with Gasteiger partial charge in [-0.3, -0.25) is 14.4 Å². The number of thiazole rings is 1. The number of nitrogens with zero attached hydrogens (tertiary/aromatic N) is 2. The second kappa shape index (κ2) is 12.1. The van der Waals surface area contributed by atoms with Gasteiger partial charge in [-0.2, -0.15) is 0 Å². The van der Waals surface area contributed by atoms with E-state index in [4.69, 9.17) is 9.47 Å². The van der Waals surface area contributed by atoms with Crippen LogP contribution in [-0.2, 0) is 17.8 Å². The number of Topliss-reactive ketones (excluding diaryl/α,β-unsaturated/α-hetero) is 1. The summed E-state index contributed by atoms with van der Waals surface area (Å²) in [4.78, 5) is 45.4. The zero-order valence-corrected chi connectivity index (χ0v) is 26.1. The number of aryl methyl sites for hydroxylation is 1. The molecule has 3 aromatic heterocycles. The number of carbonyl (C=O) groups is 3. The number of carboxylic acid groups (broad SMARTS) is 1. The molecule has 1 aromatic carbocycles. The molecular formula is C33H38N2O6S. The van der Waals surface area contributed by atoms with Crippen LogP contribution in [0.2, 0.25) is 0 Å². The molecule has 0 saturated carbocycles. The van der Waals surface area contributed by atoms with E-state index < -0.39 is 16.8 Å². The van der Waals surface area contributed by atoms with Crippen LogP contribution in [0.1, 0.15) is 90.1 Å². The van der Waals surface area contributed by atoms with Gasteiger partial charge in [-0.25, -0.2) is 4.98 Å². The molecule has 4 aromatic rings. The van der Waals surface area contributed by atoms with Crippen LogP contribution in [0, 0.1) is 17.8 Å². The normalized spacial score (nSPS) is 13.1. The van der Waals surface area contributed by atoms with E-state index in [1.165, 1.54) is 11.3 Å². The molecule has 4 rings (SSSR count). The smallest absolute Gasteiger partial charge is 0.309 e. The summed E-state index contributed by atoms with van der Waals surface area (Å²) in [6, 6.07) is 10.2. The van der Waals surface area contributed by atoms with E-state index in [2.05, 4.69) is 4.98 Å². The van der Waals surface area contributed by atoms with Gasteiger partial charge < -0.3 is 19.0 Å². The third kappa shape index (κ3) is 6.26. The van der Waals surface area contributed by atoms with E-state index in [9.17, 15) is 19.5 Å². The molecule has 0 fully saturated rings. The summed E-state index contributed by atoms with van der Waals surface area (Å²) in [5.41, 5.74) is 0.759. The average Bonchev–Trinajstić information content (AvgIpc) is 3.50. The monoisotopic (exact) mass is 590 g/mol. The van der Waals surface area contributed by atoms with Gasteiger partial charge in [0.2, 0.25) is 5.78 Å². The predicted molar refractivity (Wildman–Crippen MR) is 163 cm³/mol. The molecule has 1 atom stereocenters. The second-order valence-corrected chi connectivity index (χ2v) is 13.0. The number of aromatic nitrogens is 2. The largest absolute Gasteiger partial charge is 0.497 e. The van der Waals surface area contributed by atoms with Crippen LogP contribution in [0.5, 0.6) is 11.5 Å². The highest BCUT2D eigenvalue weighted by Crippen LogP contribution is 2.39. The highest BCUT2D eigenvalue weighted by atomic mass is 32.1. The lowest BCUT2D eigenvalue weighted by Gasteiger charge is -2.26. The van der Waals surface area contributed by atoms with Crippen LogP contribution in [0.15, 0.2) is 48.0 Å². The summed E-state index contributed by atoms with van der Waals surface area (Å²) in [6.07, 6.45) is 2.75. The number of benzene rings is 1. The van der Waals surface area contributed by atoms with Gasteiger partial charge in [0.05, 0.1) is 34.4 Å². The molecule has 0 spiro atoms. The van der Waals surface area contributed by atoms with Crippen molar-refractivity contribution < 1.29 is 29.0 Å². The Labute approximate surface area is 250 Å². The molecule has 8 nitrogen and oxygen atoms in total. The molecule has 0 aliphatic heterocycles. The highest BCUT2D eigenvalue weighted by molar-refractivity contribution is 7.09. The molecule has 0 radical (unpaired) electrons. The van der Waals surface area contributed by atoms with Crippen molar-refractivity contribution in [2.45, 2.75) is 67.4 Å². The minimum atomic E-state index is -1.19. The van der Waals surface area contributed by atoms with Gasteiger partial charge in [0.15, 0.2) is 5.78 Å². The summed E-state index contributed by atoms with van der Waals surface area (Å²) < 4.78 is 13.0. The van der Waals surface area contributed by atoms with Crippen molar-refractivity contribution in [2.75, 3.05) is 7.11 Å². The standard InChI is InChI=1S/C33H38N2O6S/c1-8-14-33(6,31(38)39)17-25-27(30(37)32(3,4)5)26-16-24(41-18-22-19-42-20(2)34-22)13-15-35(26)28(25)29(36)21-9-11-23(40-7)12-10-21/h9-13,15-16,19H,8,14,17-18H2,1-7H3,(H,38,39). The SMILES string of the molecule is CCCC(C)(Cc1c(C(=O)C(C)(C)C)c2cc(OCc3csc(C)n3)ccn2c1C(=O)c1ccc(OC)cc1)C(=O)O. The van der Waals surface area contributed by atoms with E-state index in [1.807, 2.05) is 40.0 Å². The number of rotatable bonds is 12. The van der Waals surface area contributed by atoms with Crippen LogP contribution in [-0.4, -0.2) is 39.1 Å². The summed E-state index contributed by atoms with van der Waals surface area (Å²) in [5, 5.41) is 13.2. The second-order valence-electron chi connectivity index (χ2n) is 11.9. The molecule has 0 bridgehead atoms. The van der Waals surface area contributed by atoms with Crippen molar-refractivity contribution in [3.05, 3.63) is 81.1 Å². The Bertz CT molecular complexity index is 1630. The van der Waals surface area contributed by atoms with Crippen LogP contribution in [0.3, 0.4) is 0 Å². The van der Waals surface area contributed by atoms with Crippen LogP contribution < -0.4 is 9.47 Å². The number of hydrogen-bond acceptors (Lipinski definition) is 7. The van der Waals surface area contributed by atoms with Gasteiger partial charge in [0, 0.05) is 34.2 Å². The Morgan fingerprint density at radius 1 is 1.05 bits per heavy atom. The van der Waals surface area contributed by atoms with Crippen molar-refractivity contribution in [1.29, 1.82) is 0 Å². The number of pyridine rings is 1. The van der Waals surface area contributed by atoms with Crippen LogP contribution >= 0.6 is 11.3 Å². The number of hydrogen-bond donors (Lipinski definition) is 1. The number of carbonyl (C=O) groups excluding carboxylic acids is 2. The van der Waals surface area contributed by atoms with E-state index >= 15 is 0 Å². The fraction of sp³-hybridized carbons (Fsp3) is 0.394. The van der Waals surface area contributed by atoms with Crippen LogP contribution in [0.4, 0.5) is 0 Å². The number of methoxy groups -OCH3 is 1. The van der Waals surface area contributed by atoms with Gasteiger partial charge >= 0.3 is 5.97 Å². The number of fused-ring (bicyclic) bond motifs is 1. The van der Waals surface area contributed by atoms with Gasteiger partial charge in [0.25, 0.3) is 0 Å². The summed E-state index contributed by atoms with van der Waals surface area (Å²) in [7, 11) is 1.55. The highest BCUT2D eigenvalue weighted by Gasteiger charge is 2.39. The van der Waals surface area contributed by atoms with Crippen molar-refractivity contribution in [1.82, 2.24) is 9.38 Å². The minimum absolute atomic E-state index is 0.0144. The summed E-state index contributed by atoms with van der Waals surface area (Å²) >= 11 is 1.54. The minimum Gasteiger partial charge on any atom is -0.497 e. The average molecular weight is 591 g/mol. The molecule has 222 valence electrons. The zero-order chi connectivity index (χ0) is 30.8. The van der Waals surface area contributed by atoms with E-state index in [0.29, 0.717) is 46.5 Å². The quantitative estimate of drug-likeness (QED) is 0.174. The van der Waals surface area contributed by atoms with Crippen molar-refractivity contribution in [2.24, 2.45) is 10.8 Å². The summed E-state index contributed by atoms with van der Waals surface area (Å²) in [6.45, 7) is 11.2. The molecular weight excluding hydrogens is 552 g/mol. The Hall–Kier alpha value is -3.98. The summed E-state index contributed by atoms with van der Waals surface area (Å²) in [5.74, 6) is -0.349. The first-order valence-electron chi connectivity index (χ1n) is 14.0. The Balaban J connectivity index is 1.97. The molecule has 9 heteroatoms. The molecule has 0 saturated heterocycles. The lowest BCUT2D eigenvalue weighted by molar-refractivity contribution is -0.148. The fourth-order valence-corrected chi connectivity index (χ4v) is 5.74. The molecule has 1 unspecified atom stereocenters. The van der Waals surface area contributed by atoms with Gasteiger partial charge in [-0.05, 0) is 62.6 Å². The maximum absolute atomic E-state index is 14.2. The van der Waals surface area contributed by atoms with Crippen LogP contribution in [0.25, 0.3) is 5.52 Å². The Morgan fingerprint density at radius 3 is 2.29 bits per heavy atom. The molecule has 1 N–H and O–H groups in total. The Kier molecular flexibility index (Phi) is 8.92. The molecule has 0 aliphatic carbocycles. The van der Waals surface area contributed by atoms with E-state index in [1.54, 1.807) is 61.0 Å². The zero-order valence-electron chi connectivity index (χ0n) is 25.2. The molecule has 42 heavy (non-hydrogen) atoms. The van der Waals surface area contributed by atoms with Gasteiger partial charge in [0.1, 0.15) is 18.1 Å². The van der Waals surface area contributed by atoms with E-state index in [0.717, 1.165) is 10.7 Å². The molecule has 3 heterocycles. The first-order valence-corrected chi connectivity index (χ1v) is 14.8. The van der Waals surface area contributed by atoms with Gasteiger partial charge in [-0.1, -0.05) is 34.1 Å². The molecule has 0 aliphatic rings. The number of ketones is 2. The number of ether oxygens (including phenoxy) is 2. The van der Waals surface area contributed by atoms with Gasteiger partial charge in [-0.15, -0.1) is 11.3 Å². The maximum atomic E-state index is 14.2. The third-order valence-electron chi connectivity index (χ3n) is 7.42. The maximum Gasteiger partial charge on any atom is 0.309 e.